The predicted octanol–water partition coefficient (Wildman–Crippen LogP) is 4.86. The maximum atomic E-state index is 13.4. The van der Waals surface area contributed by atoms with E-state index < -0.39 is 10.0 Å². The molecule has 0 radical (unpaired) electrons. The van der Waals surface area contributed by atoms with E-state index in [-0.39, 0.29) is 5.97 Å². The van der Waals surface area contributed by atoms with E-state index in [1.165, 1.54) is 12.7 Å². The van der Waals surface area contributed by atoms with Gasteiger partial charge in [-0.1, -0.05) is 43.2 Å². The van der Waals surface area contributed by atoms with Gasteiger partial charge in [0.25, 0.3) is 10.0 Å². The van der Waals surface area contributed by atoms with Crippen LogP contribution in [0, 0.1) is 6.92 Å². The first-order chi connectivity index (χ1) is 14.4. The Balaban J connectivity index is 1.93. The molecule has 1 aliphatic heterocycles. The highest BCUT2D eigenvalue weighted by molar-refractivity contribution is 7.89. The SMILES string of the molecule is CCCCC1=C(Cc2ccc(C(=O)OC)cc2)N(S(=O)(=O)c2ccc(C)cc2)CC1. The van der Waals surface area contributed by atoms with E-state index in [0.717, 1.165) is 42.5 Å². The van der Waals surface area contributed by atoms with Crippen LogP contribution in [0.1, 0.15) is 54.1 Å². The molecule has 0 aromatic heterocycles. The van der Waals surface area contributed by atoms with Gasteiger partial charge in [-0.25, -0.2) is 13.2 Å². The highest BCUT2D eigenvalue weighted by Crippen LogP contribution is 2.34. The molecule has 0 amide bonds. The number of aryl methyl sites for hydroxylation is 1. The van der Waals surface area contributed by atoms with E-state index in [4.69, 9.17) is 4.74 Å². The number of hydrogen-bond acceptors (Lipinski definition) is 4. The van der Waals surface area contributed by atoms with Crippen LogP contribution < -0.4 is 0 Å². The van der Waals surface area contributed by atoms with Gasteiger partial charge in [0, 0.05) is 18.7 Å². The molecule has 30 heavy (non-hydrogen) atoms. The summed E-state index contributed by atoms with van der Waals surface area (Å²) in [6.45, 7) is 4.56. The molecule has 2 aromatic rings. The van der Waals surface area contributed by atoms with Crippen LogP contribution in [0.2, 0.25) is 0 Å². The van der Waals surface area contributed by atoms with Crippen molar-refractivity contribution in [3.8, 4) is 0 Å². The van der Waals surface area contributed by atoms with Crippen molar-refractivity contribution in [2.75, 3.05) is 13.7 Å². The van der Waals surface area contributed by atoms with Crippen molar-refractivity contribution in [3.63, 3.8) is 0 Å². The first kappa shape index (κ1) is 22.1. The summed E-state index contributed by atoms with van der Waals surface area (Å²) in [5.74, 6) is -0.381. The summed E-state index contributed by atoms with van der Waals surface area (Å²) in [4.78, 5) is 12.0. The van der Waals surface area contributed by atoms with E-state index in [1.54, 1.807) is 28.6 Å². The number of esters is 1. The van der Waals surface area contributed by atoms with Crippen LogP contribution in [-0.4, -0.2) is 32.3 Å². The zero-order valence-corrected chi connectivity index (χ0v) is 18.7. The number of rotatable bonds is 8. The number of nitrogens with zero attached hydrogens (tertiary/aromatic N) is 1. The third kappa shape index (κ3) is 4.75. The monoisotopic (exact) mass is 427 g/mol. The first-order valence-electron chi connectivity index (χ1n) is 10.3. The molecule has 6 heteroatoms. The number of benzene rings is 2. The molecule has 0 fully saturated rings. The van der Waals surface area contributed by atoms with E-state index in [1.807, 2.05) is 31.2 Å². The second-order valence-electron chi connectivity index (χ2n) is 7.66. The van der Waals surface area contributed by atoms with Crippen molar-refractivity contribution in [1.82, 2.24) is 4.31 Å². The Morgan fingerprint density at radius 1 is 1.07 bits per heavy atom. The molecular formula is C24H29NO4S. The minimum Gasteiger partial charge on any atom is -0.465 e. The molecule has 3 rings (SSSR count). The second-order valence-corrected chi connectivity index (χ2v) is 9.52. The van der Waals surface area contributed by atoms with Crippen molar-refractivity contribution < 1.29 is 17.9 Å². The largest absolute Gasteiger partial charge is 0.465 e. The van der Waals surface area contributed by atoms with Gasteiger partial charge in [-0.15, -0.1) is 0 Å². The zero-order chi connectivity index (χ0) is 21.7. The summed E-state index contributed by atoms with van der Waals surface area (Å²) in [5, 5.41) is 0. The molecule has 2 aromatic carbocycles. The summed E-state index contributed by atoms with van der Waals surface area (Å²) in [5.41, 5.74) is 4.56. The second kappa shape index (κ2) is 9.47. The van der Waals surface area contributed by atoms with Crippen molar-refractivity contribution in [3.05, 3.63) is 76.5 Å². The average molecular weight is 428 g/mol. The number of unbranched alkanes of at least 4 members (excludes halogenated alkanes) is 1. The summed E-state index contributed by atoms with van der Waals surface area (Å²) >= 11 is 0. The van der Waals surface area contributed by atoms with Crippen LogP contribution >= 0.6 is 0 Å². The third-order valence-electron chi connectivity index (χ3n) is 5.51. The highest BCUT2D eigenvalue weighted by Gasteiger charge is 2.32. The lowest BCUT2D eigenvalue weighted by molar-refractivity contribution is 0.0600. The molecule has 0 saturated heterocycles. The quantitative estimate of drug-likeness (QED) is 0.564. The minimum atomic E-state index is -3.61. The number of carbonyl (C=O) groups excluding carboxylic acids is 1. The maximum Gasteiger partial charge on any atom is 0.337 e. The Morgan fingerprint density at radius 2 is 1.73 bits per heavy atom. The zero-order valence-electron chi connectivity index (χ0n) is 17.8. The maximum absolute atomic E-state index is 13.4. The summed E-state index contributed by atoms with van der Waals surface area (Å²) in [6, 6.07) is 14.2. The molecule has 0 spiro atoms. The van der Waals surface area contributed by atoms with Gasteiger partial charge in [-0.2, -0.15) is 0 Å². The summed E-state index contributed by atoms with van der Waals surface area (Å²) < 4.78 is 33.1. The normalized spacial score (nSPS) is 14.3. The molecule has 0 aliphatic carbocycles. The molecule has 160 valence electrons. The van der Waals surface area contributed by atoms with Crippen molar-refractivity contribution in [1.29, 1.82) is 0 Å². The number of methoxy groups -OCH3 is 1. The fourth-order valence-corrected chi connectivity index (χ4v) is 5.29. The molecule has 1 aliphatic rings. The number of hydrogen-bond donors (Lipinski definition) is 0. The Labute approximate surface area is 179 Å². The molecule has 0 unspecified atom stereocenters. The van der Waals surface area contributed by atoms with E-state index in [2.05, 4.69) is 6.92 Å². The lowest BCUT2D eigenvalue weighted by atomic mass is 10.0. The lowest BCUT2D eigenvalue weighted by Gasteiger charge is -2.23. The average Bonchev–Trinajstić information content (AvgIpc) is 3.15. The molecule has 0 atom stereocenters. The van der Waals surface area contributed by atoms with Crippen molar-refractivity contribution >= 4 is 16.0 Å². The third-order valence-corrected chi connectivity index (χ3v) is 7.36. The molecular weight excluding hydrogens is 398 g/mol. The highest BCUT2D eigenvalue weighted by atomic mass is 32.2. The minimum absolute atomic E-state index is 0.323. The van der Waals surface area contributed by atoms with Gasteiger partial charge in [0.05, 0.1) is 17.6 Å². The fourth-order valence-electron chi connectivity index (χ4n) is 3.74. The van der Waals surface area contributed by atoms with E-state index >= 15 is 0 Å². The van der Waals surface area contributed by atoms with Crippen LogP contribution in [0.25, 0.3) is 0 Å². The standard InChI is InChI=1S/C24H29NO4S/c1-4-5-6-20-15-16-25(30(27,28)22-13-7-18(2)8-14-22)23(20)17-19-9-11-21(12-10-19)24(26)29-3/h7-14H,4-6,15-17H2,1-3H3. The Hall–Kier alpha value is -2.60. The van der Waals surface area contributed by atoms with Crippen LogP contribution in [-0.2, 0) is 21.2 Å². The van der Waals surface area contributed by atoms with Gasteiger partial charge in [-0.05, 0) is 61.6 Å². The molecule has 1 heterocycles. The van der Waals surface area contributed by atoms with Gasteiger partial charge in [0.1, 0.15) is 0 Å². The van der Waals surface area contributed by atoms with Crippen molar-refractivity contribution in [2.24, 2.45) is 0 Å². The fraction of sp³-hybridized carbons (Fsp3) is 0.375. The Kier molecular flexibility index (Phi) is 6.98. The van der Waals surface area contributed by atoms with Crippen LogP contribution in [0.3, 0.4) is 0 Å². The molecule has 5 nitrogen and oxygen atoms in total. The van der Waals surface area contributed by atoms with E-state index in [0.29, 0.717) is 23.4 Å². The van der Waals surface area contributed by atoms with Crippen LogP contribution in [0.4, 0.5) is 0 Å². The van der Waals surface area contributed by atoms with Crippen molar-refractivity contribution in [2.45, 2.75) is 50.8 Å². The lowest BCUT2D eigenvalue weighted by Crippen LogP contribution is -2.29. The number of ether oxygens (including phenoxy) is 1. The number of allylic oxidation sites excluding steroid dienone is 1. The Morgan fingerprint density at radius 3 is 2.33 bits per heavy atom. The van der Waals surface area contributed by atoms with Gasteiger partial charge >= 0.3 is 5.97 Å². The number of carbonyl (C=O) groups is 1. The van der Waals surface area contributed by atoms with Gasteiger partial charge < -0.3 is 4.74 Å². The van der Waals surface area contributed by atoms with Gasteiger partial charge in [-0.3, -0.25) is 4.31 Å². The van der Waals surface area contributed by atoms with Crippen LogP contribution in [0.5, 0.6) is 0 Å². The molecule has 0 saturated carbocycles. The topological polar surface area (TPSA) is 63.7 Å². The Bertz CT molecular complexity index is 1020. The summed E-state index contributed by atoms with van der Waals surface area (Å²) in [7, 11) is -2.25. The first-order valence-corrected chi connectivity index (χ1v) is 11.8. The van der Waals surface area contributed by atoms with Gasteiger partial charge in [0.2, 0.25) is 0 Å². The number of sulfonamides is 1. The molecule has 0 bridgehead atoms. The smallest absolute Gasteiger partial charge is 0.337 e. The summed E-state index contributed by atoms with van der Waals surface area (Å²) in [6.07, 6.45) is 4.30. The molecule has 0 N–H and O–H groups in total. The van der Waals surface area contributed by atoms with Crippen LogP contribution in [0.15, 0.2) is 64.7 Å². The van der Waals surface area contributed by atoms with E-state index in [9.17, 15) is 13.2 Å². The predicted molar refractivity (Wildman–Crippen MR) is 118 cm³/mol. The van der Waals surface area contributed by atoms with Gasteiger partial charge in [0.15, 0.2) is 0 Å².